The number of ether oxygens (including phenoxy) is 2. The molecule has 1 heterocycles. The summed E-state index contributed by atoms with van der Waals surface area (Å²) in [6.45, 7) is 7.85. The molecule has 0 amide bonds. The third-order valence-corrected chi connectivity index (χ3v) is 1.90. The molecule has 1 aliphatic rings. The molecule has 2 unspecified atom stereocenters. The van der Waals surface area contributed by atoms with Gasteiger partial charge in [-0.3, -0.25) is 0 Å². The Morgan fingerprint density at radius 3 is 2.00 bits per heavy atom. The maximum Gasteiger partial charge on any atom is 0.338 e. The molecule has 0 N–H and O–H groups in total. The molecule has 1 aliphatic heterocycles. The van der Waals surface area contributed by atoms with E-state index in [4.69, 9.17) is 9.47 Å². The molecule has 3 nitrogen and oxygen atoms in total. The van der Waals surface area contributed by atoms with E-state index in [0.29, 0.717) is 0 Å². The van der Waals surface area contributed by atoms with Crippen molar-refractivity contribution in [2.75, 3.05) is 0 Å². The van der Waals surface area contributed by atoms with Crippen LogP contribution in [0.5, 0.6) is 0 Å². The molecule has 0 radical (unpaired) electrons. The van der Waals surface area contributed by atoms with Crippen LogP contribution in [0.25, 0.3) is 0 Å². The van der Waals surface area contributed by atoms with Crippen molar-refractivity contribution in [2.45, 2.75) is 40.1 Å². The quantitative estimate of drug-likeness (QED) is 0.593. The molecule has 0 bridgehead atoms. The number of cyclic esters (lactones) is 1. The Morgan fingerprint density at radius 2 is 1.75 bits per heavy atom. The number of esters is 1. The van der Waals surface area contributed by atoms with Gasteiger partial charge in [-0.15, -0.1) is 0 Å². The maximum absolute atomic E-state index is 11.2. The van der Waals surface area contributed by atoms with Gasteiger partial charge >= 0.3 is 5.97 Å². The highest BCUT2D eigenvalue weighted by molar-refractivity contribution is 5.76. The topological polar surface area (TPSA) is 35.5 Å². The van der Waals surface area contributed by atoms with E-state index in [1.807, 2.05) is 27.7 Å². The van der Waals surface area contributed by atoms with Gasteiger partial charge in [0, 0.05) is 5.92 Å². The van der Waals surface area contributed by atoms with Gasteiger partial charge in [0.2, 0.25) is 6.29 Å². The average Bonchev–Trinajstić information content (AvgIpc) is 2.30. The van der Waals surface area contributed by atoms with Crippen LogP contribution in [0.1, 0.15) is 27.7 Å². The van der Waals surface area contributed by atoms with Crippen LogP contribution in [0.4, 0.5) is 0 Å². The van der Waals surface area contributed by atoms with Crippen LogP contribution in [-0.4, -0.2) is 18.4 Å². The zero-order valence-electron chi connectivity index (χ0n) is 8.03. The van der Waals surface area contributed by atoms with Gasteiger partial charge in [-0.25, -0.2) is 4.79 Å². The first-order valence-corrected chi connectivity index (χ1v) is 4.38. The molecular weight excluding hydrogens is 156 g/mol. The smallest absolute Gasteiger partial charge is 0.338 e. The van der Waals surface area contributed by atoms with E-state index in [1.54, 1.807) is 0 Å². The van der Waals surface area contributed by atoms with Gasteiger partial charge in [0.25, 0.3) is 0 Å². The first kappa shape index (κ1) is 9.52. The SMILES string of the molecule is CC(C)C1OC(=O)C(C(C)C)O1. The van der Waals surface area contributed by atoms with Crippen LogP contribution in [0.3, 0.4) is 0 Å². The highest BCUT2D eigenvalue weighted by Crippen LogP contribution is 2.23. The molecule has 0 aliphatic carbocycles. The standard InChI is InChI=1S/C9H16O3/c1-5(2)7-8(10)12-9(11-7)6(3)4/h5-7,9H,1-4H3. The Kier molecular flexibility index (Phi) is 2.73. The Hall–Kier alpha value is -0.570. The second-order valence-electron chi connectivity index (χ2n) is 3.85. The van der Waals surface area contributed by atoms with E-state index in [2.05, 4.69) is 0 Å². The highest BCUT2D eigenvalue weighted by atomic mass is 16.8. The maximum atomic E-state index is 11.2. The van der Waals surface area contributed by atoms with E-state index in [9.17, 15) is 4.79 Å². The average molecular weight is 172 g/mol. The summed E-state index contributed by atoms with van der Waals surface area (Å²) in [5.41, 5.74) is 0. The summed E-state index contributed by atoms with van der Waals surface area (Å²) < 4.78 is 10.5. The van der Waals surface area contributed by atoms with Crippen molar-refractivity contribution in [1.82, 2.24) is 0 Å². The first-order valence-electron chi connectivity index (χ1n) is 4.38. The number of hydrogen-bond acceptors (Lipinski definition) is 3. The van der Waals surface area contributed by atoms with Crippen molar-refractivity contribution in [3.05, 3.63) is 0 Å². The van der Waals surface area contributed by atoms with Crippen LogP contribution < -0.4 is 0 Å². The van der Waals surface area contributed by atoms with Crippen LogP contribution in [0.15, 0.2) is 0 Å². The molecule has 3 heteroatoms. The zero-order valence-corrected chi connectivity index (χ0v) is 8.03. The number of rotatable bonds is 2. The van der Waals surface area contributed by atoms with Gasteiger partial charge in [-0.05, 0) is 5.92 Å². The summed E-state index contributed by atoms with van der Waals surface area (Å²) >= 11 is 0. The molecule has 0 aromatic rings. The minimum atomic E-state index is -0.364. The van der Waals surface area contributed by atoms with Gasteiger partial charge in [-0.2, -0.15) is 0 Å². The van der Waals surface area contributed by atoms with E-state index in [1.165, 1.54) is 0 Å². The van der Waals surface area contributed by atoms with Gasteiger partial charge in [-0.1, -0.05) is 27.7 Å². The molecule has 1 fully saturated rings. The molecule has 0 spiro atoms. The van der Waals surface area contributed by atoms with Crippen LogP contribution in [-0.2, 0) is 14.3 Å². The highest BCUT2D eigenvalue weighted by Gasteiger charge is 2.38. The Labute approximate surface area is 73.0 Å². The normalized spacial score (nSPS) is 30.0. The Morgan fingerprint density at radius 1 is 1.17 bits per heavy atom. The number of hydrogen-bond donors (Lipinski definition) is 0. The van der Waals surface area contributed by atoms with Gasteiger partial charge < -0.3 is 9.47 Å². The Bertz CT molecular complexity index is 175. The summed E-state index contributed by atoms with van der Waals surface area (Å²) in [7, 11) is 0. The van der Waals surface area contributed by atoms with E-state index in [0.717, 1.165) is 0 Å². The number of carbonyl (C=O) groups excluding carboxylic acids is 1. The van der Waals surface area contributed by atoms with E-state index < -0.39 is 0 Å². The van der Waals surface area contributed by atoms with E-state index in [-0.39, 0.29) is 30.2 Å². The van der Waals surface area contributed by atoms with Crippen molar-refractivity contribution >= 4 is 5.97 Å². The van der Waals surface area contributed by atoms with Crippen molar-refractivity contribution in [3.63, 3.8) is 0 Å². The summed E-state index contributed by atoms with van der Waals surface area (Å²) in [4.78, 5) is 11.2. The third-order valence-electron chi connectivity index (χ3n) is 1.90. The molecule has 12 heavy (non-hydrogen) atoms. The summed E-state index contributed by atoms with van der Waals surface area (Å²) in [6, 6.07) is 0. The lowest BCUT2D eigenvalue weighted by Gasteiger charge is -2.13. The lowest BCUT2D eigenvalue weighted by Crippen LogP contribution is -2.23. The van der Waals surface area contributed by atoms with Crippen molar-refractivity contribution < 1.29 is 14.3 Å². The molecule has 0 aromatic carbocycles. The molecular formula is C9H16O3. The molecule has 70 valence electrons. The predicted molar refractivity (Wildman–Crippen MR) is 44.4 cm³/mol. The van der Waals surface area contributed by atoms with Gasteiger partial charge in [0.05, 0.1) is 0 Å². The lowest BCUT2D eigenvalue weighted by molar-refractivity contribution is -0.146. The van der Waals surface area contributed by atoms with E-state index >= 15 is 0 Å². The molecule has 1 rings (SSSR count). The van der Waals surface area contributed by atoms with Crippen LogP contribution in [0, 0.1) is 11.8 Å². The number of carbonyl (C=O) groups is 1. The molecule has 1 saturated heterocycles. The van der Waals surface area contributed by atoms with Gasteiger partial charge in [0.1, 0.15) is 0 Å². The molecule has 2 atom stereocenters. The molecule has 0 aromatic heterocycles. The minimum absolute atomic E-state index is 0.196. The lowest BCUT2D eigenvalue weighted by atomic mass is 10.1. The summed E-state index contributed by atoms with van der Waals surface area (Å²) in [5, 5.41) is 0. The zero-order chi connectivity index (χ0) is 9.30. The van der Waals surface area contributed by atoms with Crippen LogP contribution in [0.2, 0.25) is 0 Å². The monoisotopic (exact) mass is 172 g/mol. The van der Waals surface area contributed by atoms with Crippen molar-refractivity contribution in [1.29, 1.82) is 0 Å². The first-order chi connectivity index (χ1) is 5.52. The second kappa shape index (κ2) is 3.44. The Balaban J connectivity index is 2.56. The molecule has 0 saturated carbocycles. The third kappa shape index (κ3) is 1.78. The summed E-state index contributed by atoms with van der Waals surface area (Å²) in [5.74, 6) is 0.211. The fraction of sp³-hybridized carbons (Fsp3) is 0.889. The van der Waals surface area contributed by atoms with Crippen molar-refractivity contribution in [2.24, 2.45) is 11.8 Å². The van der Waals surface area contributed by atoms with Gasteiger partial charge in [0.15, 0.2) is 6.10 Å². The predicted octanol–water partition coefficient (Wildman–Crippen LogP) is 1.57. The minimum Gasteiger partial charge on any atom is -0.434 e. The van der Waals surface area contributed by atoms with Crippen molar-refractivity contribution in [3.8, 4) is 0 Å². The fourth-order valence-corrected chi connectivity index (χ4v) is 1.13. The largest absolute Gasteiger partial charge is 0.434 e. The fourth-order valence-electron chi connectivity index (χ4n) is 1.13. The van der Waals surface area contributed by atoms with Crippen LogP contribution >= 0.6 is 0 Å². The summed E-state index contributed by atoms with van der Waals surface area (Å²) in [6.07, 6.45) is -0.706. The second-order valence-corrected chi connectivity index (χ2v) is 3.85.